The van der Waals surface area contributed by atoms with Crippen LogP contribution in [0, 0.1) is 23.5 Å². The van der Waals surface area contributed by atoms with Crippen LogP contribution in [0.25, 0.3) is 43.9 Å². The summed E-state index contributed by atoms with van der Waals surface area (Å²) in [6.45, 7) is 4.53. The van der Waals surface area contributed by atoms with Crippen LogP contribution in [0.3, 0.4) is 0 Å². The van der Waals surface area contributed by atoms with Crippen LogP contribution in [-0.2, 0) is 0 Å². The molecule has 0 radical (unpaired) electrons. The second-order valence-electron chi connectivity index (χ2n) is 16.5. The Kier molecular flexibility index (Phi) is 10.9. The predicted octanol–water partition coefficient (Wildman–Crippen LogP) is 14.0. The van der Waals surface area contributed by atoms with Gasteiger partial charge in [0.15, 0.2) is 0 Å². The molecule has 2 unspecified atom stereocenters. The average Bonchev–Trinajstić information content (AvgIpc) is 3.87. The van der Waals surface area contributed by atoms with Gasteiger partial charge in [0.2, 0.25) is 0 Å². The number of hydrogen-bond acceptors (Lipinski definition) is 4. The van der Waals surface area contributed by atoms with Gasteiger partial charge >= 0.3 is 0 Å². The molecule has 4 aromatic heterocycles. The van der Waals surface area contributed by atoms with E-state index in [9.17, 15) is 8.78 Å². The van der Waals surface area contributed by atoms with Crippen LogP contribution in [0.4, 0.5) is 8.78 Å². The molecule has 4 aromatic carbocycles. The summed E-state index contributed by atoms with van der Waals surface area (Å²) in [5, 5.41) is 3.36. The van der Waals surface area contributed by atoms with Crippen molar-refractivity contribution in [3.63, 3.8) is 0 Å². The van der Waals surface area contributed by atoms with E-state index in [-0.39, 0.29) is 11.6 Å². The van der Waals surface area contributed by atoms with Crippen LogP contribution in [0.15, 0.2) is 97.3 Å². The highest BCUT2D eigenvalue weighted by atomic mass is 35.5. The third-order valence-corrected chi connectivity index (χ3v) is 13.6. The molecule has 2 N–H and O–H groups in total. The number of fused-ring (bicyclic) bond motifs is 4. The Bertz CT molecular complexity index is 2540. The summed E-state index contributed by atoms with van der Waals surface area (Å²) in [6.07, 6.45) is 12.7. The second-order valence-corrected chi connectivity index (χ2v) is 17.4. The number of aromatic nitrogens is 6. The molecule has 0 bridgehead atoms. The first-order chi connectivity index (χ1) is 28.2. The van der Waals surface area contributed by atoms with Gasteiger partial charge in [-0.1, -0.05) is 37.0 Å². The summed E-state index contributed by atoms with van der Waals surface area (Å²) < 4.78 is 27.6. The fraction of sp³-hybridized carbons (Fsp3) is 0.333. The highest BCUT2D eigenvalue weighted by Crippen LogP contribution is 2.44. The number of benzene rings is 4. The van der Waals surface area contributed by atoms with Crippen LogP contribution < -0.4 is 0 Å². The highest BCUT2D eigenvalue weighted by molar-refractivity contribution is 6.31. The minimum atomic E-state index is -0.195. The third kappa shape index (κ3) is 7.93. The summed E-state index contributed by atoms with van der Waals surface area (Å²) in [6, 6.07) is 25.5. The molecule has 2 saturated carbocycles. The van der Waals surface area contributed by atoms with Gasteiger partial charge in [-0.15, -0.1) is 0 Å². The third-order valence-electron chi connectivity index (χ3n) is 13.1. The molecular formula is C48H46Cl2F2N6. The zero-order chi connectivity index (χ0) is 39.9. The molecule has 10 rings (SSSR count). The zero-order valence-electron chi connectivity index (χ0n) is 32.7. The lowest BCUT2D eigenvalue weighted by Crippen LogP contribution is -2.19. The molecule has 10 heteroatoms. The molecule has 0 spiro atoms. The first kappa shape index (κ1) is 38.6. The van der Waals surface area contributed by atoms with Gasteiger partial charge in [0.25, 0.3) is 0 Å². The second kappa shape index (κ2) is 16.4. The zero-order valence-corrected chi connectivity index (χ0v) is 34.2. The number of imidazole rings is 2. The fourth-order valence-electron chi connectivity index (χ4n) is 9.73. The molecule has 0 amide bonds. The lowest BCUT2D eigenvalue weighted by Gasteiger charge is -2.32. The van der Waals surface area contributed by atoms with Gasteiger partial charge in [0, 0.05) is 45.0 Å². The van der Waals surface area contributed by atoms with Gasteiger partial charge < -0.3 is 9.97 Å². The van der Waals surface area contributed by atoms with E-state index in [1.165, 1.54) is 23.3 Å². The summed E-state index contributed by atoms with van der Waals surface area (Å²) in [4.78, 5) is 25.3. The molecule has 296 valence electrons. The SMILES string of the molecule is CC(c1nc2ccc(Cl)cc2[nH]1)C1CCC(c2ccnc3ccc(F)cc23)CC1.CC(c1nc2ccc(Cl)cc2[nH]1)C1CCC(c2ccnc3ccc(F)cc23)CC1. The van der Waals surface area contributed by atoms with Gasteiger partial charge in [-0.2, -0.15) is 0 Å². The van der Waals surface area contributed by atoms with E-state index in [4.69, 9.17) is 33.2 Å². The van der Waals surface area contributed by atoms with Crippen LogP contribution >= 0.6 is 23.2 Å². The molecule has 58 heavy (non-hydrogen) atoms. The Balaban J connectivity index is 0.000000150. The van der Waals surface area contributed by atoms with Crippen molar-refractivity contribution in [2.24, 2.45) is 11.8 Å². The standard InChI is InChI=1S/2C24H23ClFN3/c2*1-14(24-28-22-8-6-17(25)12-23(22)29-24)15-2-4-16(5-3-15)19-10-11-27-21-9-7-18(26)13-20(19)21/h2*6-16H,2-5H2,1H3,(H,28,29). The maximum atomic E-state index is 13.8. The number of nitrogens with zero attached hydrogens (tertiary/aromatic N) is 4. The van der Waals surface area contributed by atoms with Crippen molar-refractivity contribution in [2.45, 2.75) is 88.9 Å². The van der Waals surface area contributed by atoms with E-state index in [0.717, 1.165) is 117 Å². The molecule has 4 heterocycles. The molecule has 2 aliphatic rings. The first-order valence-electron chi connectivity index (χ1n) is 20.6. The molecule has 8 aromatic rings. The molecular weight excluding hydrogens is 769 g/mol. The van der Waals surface area contributed by atoms with Gasteiger partial charge in [0.1, 0.15) is 23.3 Å². The van der Waals surface area contributed by atoms with Gasteiger partial charge in [-0.3, -0.25) is 9.97 Å². The molecule has 0 saturated heterocycles. The number of halogens is 4. The largest absolute Gasteiger partial charge is 0.342 e. The summed E-state index contributed by atoms with van der Waals surface area (Å²) in [5.41, 5.74) is 8.15. The lowest BCUT2D eigenvalue weighted by molar-refractivity contribution is 0.286. The van der Waals surface area contributed by atoms with Crippen LogP contribution in [0.2, 0.25) is 10.0 Å². The Hall–Kier alpha value is -4.92. The minimum Gasteiger partial charge on any atom is -0.342 e. The quantitative estimate of drug-likeness (QED) is 0.175. The monoisotopic (exact) mass is 814 g/mol. The minimum absolute atomic E-state index is 0.195. The maximum Gasteiger partial charge on any atom is 0.123 e. The lowest BCUT2D eigenvalue weighted by atomic mass is 9.73. The number of hydrogen-bond donors (Lipinski definition) is 2. The summed E-state index contributed by atoms with van der Waals surface area (Å²) in [7, 11) is 0. The van der Waals surface area contributed by atoms with Gasteiger partial charge in [-0.05, 0) is 171 Å². The van der Waals surface area contributed by atoms with Crippen LogP contribution in [0.5, 0.6) is 0 Å². The van der Waals surface area contributed by atoms with Gasteiger partial charge in [-0.25, -0.2) is 18.7 Å². The summed E-state index contributed by atoms with van der Waals surface area (Å²) in [5.74, 6) is 4.53. The highest BCUT2D eigenvalue weighted by Gasteiger charge is 2.31. The van der Waals surface area contributed by atoms with E-state index < -0.39 is 0 Å². The van der Waals surface area contributed by atoms with Crippen molar-refractivity contribution in [1.29, 1.82) is 0 Å². The predicted molar refractivity (Wildman–Crippen MR) is 232 cm³/mol. The Morgan fingerprint density at radius 3 is 1.33 bits per heavy atom. The fourth-order valence-corrected chi connectivity index (χ4v) is 10.1. The molecule has 2 aliphatic carbocycles. The van der Waals surface area contributed by atoms with E-state index >= 15 is 0 Å². The average molecular weight is 816 g/mol. The smallest absolute Gasteiger partial charge is 0.123 e. The van der Waals surface area contributed by atoms with E-state index in [2.05, 4.69) is 45.9 Å². The molecule has 6 nitrogen and oxygen atoms in total. The normalized spacial score (nSPS) is 20.9. The van der Waals surface area contributed by atoms with E-state index in [0.29, 0.717) is 35.5 Å². The first-order valence-corrected chi connectivity index (χ1v) is 21.3. The van der Waals surface area contributed by atoms with E-state index in [1.54, 1.807) is 24.3 Å². The number of rotatable bonds is 6. The molecule has 2 atom stereocenters. The van der Waals surface area contributed by atoms with Crippen molar-refractivity contribution in [1.82, 2.24) is 29.9 Å². The molecule has 0 aliphatic heterocycles. The van der Waals surface area contributed by atoms with Crippen LogP contribution in [0.1, 0.15) is 112 Å². The van der Waals surface area contributed by atoms with Crippen molar-refractivity contribution >= 4 is 67.1 Å². The Morgan fingerprint density at radius 1 is 0.517 bits per heavy atom. The Morgan fingerprint density at radius 2 is 0.914 bits per heavy atom. The van der Waals surface area contributed by atoms with E-state index in [1.807, 2.05) is 48.8 Å². The number of pyridine rings is 2. The summed E-state index contributed by atoms with van der Waals surface area (Å²) >= 11 is 12.2. The topological polar surface area (TPSA) is 83.1 Å². The molecule has 2 fully saturated rings. The maximum absolute atomic E-state index is 13.8. The Labute approximate surface area is 346 Å². The number of nitrogens with one attached hydrogen (secondary N) is 2. The van der Waals surface area contributed by atoms with Crippen molar-refractivity contribution in [3.8, 4) is 0 Å². The van der Waals surface area contributed by atoms with Crippen molar-refractivity contribution < 1.29 is 8.78 Å². The van der Waals surface area contributed by atoms with Gasteiger partial charge in [0.05, 0.1) is 33.1 Å². The number of aromatic amines is 2. The number of H-pyrrole nitrogens is 2. The van der Waals surface area contributed by atoms with Crippen molar-refractivity contribution in [2.75, 3.05) is 0 Å². The van der Waals surface area contributed by atoms with Crippen LogP contribution in [-0.4, -0.2) is 29.9 Å². The van der Waals surface area contributed by atoms with Crippen molar-refractivity contribution in [3.05, 3.63) is 142 Å².